The summed E-state index contributed by atoms with van der Waals surface area (Å²) in [6.07, 6.45) is 16.4. The number of para-hydroxylation sites is 2. The molecule has 0 aromatic heterocycles. The van der Waals surface area contributed by atoms with E-state index in [4.69, 9.17) is 119 Å². The van der Waals surface area contributed by atoms with Gasteiger partial charge >= 0.3 is 5.97 Å². The number of allylic oxidation sites excluding steroid dienone is 6. The van der Waals surface area contributed by atoms with Gasteiger partial charge in [0, 0.05) is 86.8 Å². The summed E-state index contributed by atoms with van der Waals surface area (Å²) in [6, 6.07) is 17.2. The molecule has 0 saturated carbocycles. The van der Waals surface area contributed by atoms with Crippen molar-refractivity contribution in [2.24, 2.45) is 0 Å². The topological polar surface area (TPSA) is 321 Å². The lowest BCUT2D eigenvalue weighted by atomic mass is 9.81. The van der Waals surface area contributed by atoms with E-state index in [1.54, 1.807) is 7.11 Å². The molecule has 702 valence electrons. The number of amides is 3. The van der Waals surface area contributed by atoms with Crippen LogP contribution in [0.25, 0.3) is 0 Å². The fraction of sp³-hybridized carbons (Fsp3) is 0.744. The Morgan fingerprint density at radius 2 is 0.691 bits per heavy atom. The van der Waals surface area contributed by atoms with Gasteiger partial charge in [0.2, 0.25) is 11.6 Å². The quantitative estimate of drug-likeness (QED) is 0.0286. The van der Waals surface area contributed by atoms with Crippen LogP contribution in [0.4, 0.5) is 11.4 Å². The standard InChI is InChI=1S/C90H148N4O29/c1-89(2)79-19-13-15-21-81(79)92(83(89)23-9-6-10-24-84-90(3,4)80-20-14-16-22-82(80)93(84)31-18-8-12-26-88(98)123-94-86(96)27-28-87(94)97)30-17-7-11-25-85(95)91-29-32-100-35-36-102-39-40-104-43-44-106-47-48-108-51-52-110-55-56-112-59-60-114-63-64-116-67-68-118-71-72-120-75-76-122-78-77-121-74-73-119-70-69-117-66-65-115-62-61-113-58-57-111-54-53-109-50-49-107-46-45-105-42-41-103-38-37-101-34-33-99-5/h6,9-10,13-16,19-24H,7-8,11-12,17-18,25-78H2,1-5H3/p+1. The van der Waals surface area contributed by atoms with Gasteiger partial charge < -0.3 is 129 Å². The van der Waals surface area contributed by atoms with Crippen LogP contribution < -0.4 is 10.2 Å². The number of fused-ring (bicyclic) bond motifs is 2. The SMILES string of the molecule is COCCOCCOCCOCCOCCOCCOCCOCCOCCOCCOCCOCCOCCOCCOCCOCCOCCOCCOCCOCCOCCOCCOCCOCCNC(=O)CCCCC[N+]1=C(C=CC=CC=C2N(CCCCCC(=O)ON3C(=O)CCC3=O)c3ccccc3C2(C)C)C(C)(C)c2ccccc21. The molecule has 123 heavy (non-hydrogen) atoms. The number of hydrogen-bond acceptors (Lipinski definition) is 30. The van der Waals surface area contributed by atoms with Crippen molar-refractivity contribution >= 4 is 40.8 Å². The van der Waals surface area contributed by atoms with Crippen LogP contribution in [0.5, 0.6) is 0 Å². The van der Waals surface area contributed by atoms with E-state index in [1.165, 1.54) is 33.9 Å². The third-order valence-corrected chi connectivity index (χ3v) is 19.3. The lowest BCUT2D eigenvalue weighted by Gasteiger charge is -2.27. The summed E-state index contributed by atoms with van der Waals surface area (Å²) in [5.74, 6) is -1.47. The molecule has 1 saturated heterocycles. The van der Waals surface area contributed by atoms with Crippen molar-refractivity contribution in [2.75, 3.05) is 342 Å². The summed E-state index contributed by atoms with van der Waals surface area (Å²) in [7, 11) is 1.64. The van der Waals surface area contributed by atoms with E-state index in [9.17, 15) is 19.2 Å². The number of imide groups is 1. The predicted molar refractivity (Wildman–Crippen MR) is 460 cm³/mol. The van der Waals surface area contributed by atoms with Crippen molar-refractivity contribution in [3.05, 3.63) is 95.7 Å². The Hall–Kier alpha value is -5.75. The number of ether oxygens (including phenoxy) is 24. The number of carbonyl (C=O) groups excluding carboxylic acids is 4. The first-order valence-electron chi connectivity index (χ1n) is 44.2. The Bertz CT molecular complexity index is 3090. The Labute approximate surface area is 730 Å². The predicted octanol–water partition coefficient (Wildman–Crippen LogP) is 7.73. The number of methoxy groups -OCH3 is 1. The van der Waals surface area contributed by atoms with Gasteiger partial charge in [-0.25, -0.2) is 4.79 Å². The molecule has 33 heteroatoms. The number of hydroxylamine groups is 2. The minimum atomic E-state index is -0.562. The lowest BCUT2D eigenvalue weighted by Crippen LogP contribution is -2.32. The summed E-state index contributed by atoms with van der Waals surface area (Å²) >= 11 is 0. The Kier molecular flexibility index (Phi) is 65.0. The van der Waals surface area contributed by atoms with Gasteiger partial charge in [0.1, 0.15) is 6.54 Å². The Balaban J connectivity index is 0.678. The van der Waals surface area contributed by atoms with Crippen LogP contribution >= 0.6 is 0 Å². The average Bonchev–Trinajstić information content (AvgIpc) is 1.60. The number of anilines is 1. The molecule has 0 atom stereocenters. The molecule has 0 unspecified atom stereocenters. The van der Waals surface area contributed by atoms with Crippen molar-refractivity contribution in [2.45, 2.75) is 103 Å². The summed E-state index contributed by atoms with van der Waals surface area (Å²) in [5.41, 5.74) is 6.99. The second-order valence-electron chi connectivity index (χ2n) is 29.4. The summed E-state index contributed by atoms with van der Waals surface area (Å²) < 4.78 is 135. The van der Waals surface area contributed by atoms with E-state index in [-0.39, 0.29) is 36.0 Å². The van der Waals surface area contributed by atoms with Crippen molar-refractivity contribution in [1.82, 2.24) is 10.4 Å². The highest BCUT2D eigenvalue weighted by Gasteiger charge is 2.44. The van der Waals surface area contributed by atoms with Gasteiger partial charge in [-0.05, 0) is 57.2 Å². The number of nitrogens with one attached hydrogen (secondary N) is 1. The fourth-order valence-corrected chi connectivity index (χ4v) is 12.8. The normalized spacial score (nSPS) is 14.7. The minimum absolute atomic E-state index is 0.0261. The molecule has 1 fully saturated rings. The van der Waals surface area contributed by atoms with E-state index < -0.39 is 17.8 Å². The highest BCUT2D eigenvalue weighted by atomic mass is 16.7. The molecule has 0 aliphatic carbocycles. The van der Waals surface area contributed by atoms with Gasteiger partial charge in [0.05, 0.1) is 316 Å². The second kappa shape index (κ2) is 74.2. The van der Waals surface area contributed by atoms with E-state index in [1.807, 2.05) is 0 Å². The molecule has 1 N–H and O–H groups in total. The third kappa shape index (κ3) is 51.7. The second-order valence-corrected chi connectivity index (χ2v) is 29.4. The van der Waals surface area contributed by atoms with Crippen LogP contribution in [0.3, 0.4) is 0 Å². The zero-order chi connectivity index (χ0) is 87.5. The van der Waals surface area contributed by atoms with Crippen LogP contribution in [-0.4, -0.2) is 376 Å². The van der Waals surface area contributed by atoms with Gasteiger partial charge in [-0.2, -0.15) is 4.58 Å². The first-order chi connectivity index (χ1) is 60.5. The van der Waals surface area contributed by atoms with E-state index in [2.05, 4.69) is 121 Å². The molecule has 2 aromatic rings. The van der Waals surface area contributed by atoms with Crippen molar-refractivity contribution in [1.29, 1.82) is 0 Å². The van der Waals surface area contributed by atoms with Crippen LogP contribution in [-0.2, 0) is 149 Å². The number of hydrogen-bond donors (Lipinski definition) is 1. The van der Waals surface area contributed by atoms with Gasteiger partial charge in [-0.1, -0.05) is 74.9 Å². The molecule has 3 aliphatic rings. The first-order valence-corrected chi connectivity index (χ1v) is 44.2. The lowest BCUT2D eigenvalue weighted by molar-refractivity contribution is -0.438. The molecule has 0 radical (unpaired) electrons. The van der Waals surface area contributed by atoms with Gasteiger partial charge in [-0.3, -0.25) is 14.4 Å². The van der Waals surface area contributed by atoms with Gasteiger partial charge in [0.15, 0.2) is 5.71 Å². The monoisotopic (exact) mass is 1750 g/mol. The Morgan fingerprint density at radius 3 is 1.07 bits per heavy atom. The highest BCUT2D eigenvalue weighted by molar-refractivity contribution is 6.03. The molecule has 5 rings (SSSR count). The summed E-state index contributed by atoms with van der Waals surface area (Å²) in [6.45, 7) is 33.8. The number of nitrogens with zero attached hydrogens (tertiary/aromatic N) is 3. The molecule has 0 spiro atoms. The minimum Gasteiger partial charge on any atom is -0.382 e. The third-order valence-electron chi connectivity index (χ3n) is 19.3. The molecule has 3 heterocycles. The average molecular weight is 1750 g/mol. The molecule has 33 nitrogen and oxygen atoms in total. The zero-order valence-corrected chi connectivity index (χ0v) is 74.6. The number of benzene rings is 2. The van der Waals surface area contributed by atoms with Gasteiger partial charge in [0.25, 0.3) is 11.8 Å². The maximum Gasteiger partial charge on any atom is 0.333 e. The molecule has 0 bridgehead atoms. The van der Waals surface area contributed by atoms with Crippen LogP contribution in [0.2, 0.25) is 0 Å². The van der Waals surface area contributed by atoms with Gasteiger partial charge in [-0.15, -0.1) is 5.06 Å². The number of carbonyl (C=O) groups is 4. The molecule has 2 aromatic carbocycles. The smallest absolute Gasteiger partial charge is 0.333 e. The Morgan fingerprint density at radius 1 is 0.366 bits per heavy atom. The van der Waals surface area contributed by atoms with E-state index in [0.29, 0.717) is 335 Å². The fourth-order valence-electron chi connectivity index (χ4n) is 12.8. The number of unbranched alkanes of at least 4 members (excludes halogenated alkanes) is 4. The zero-order valence-electron chi connectivity index (χ0n) is 74.6. The first kappa shape index (κ1) is 108. The summed E-state index contributed by atoms with van der Waals surface area (Å²) in [4.78, 5) is 56.3. The molecule has 3 aliphatic heterocycles. The van der Waals surface area contributed by atoms with Crippen LogP contribution in [0, 0.1) is 0 Å². The maximum atomic E-state index is 12.7. The van der Waals surface area contributed by atoms with E-state index >= 15 is 0 Å². The van der Waals surface area contributed by atoms with Crippen molar-refractivity contribution in [3.8, 4) is 0 Å². The van der Waals surface area contributed by atoms with Crippen molar-refractivity contribution in [3.63, 3.8) is 0 Å². The number of rotatable bonds is 88. The molecular formula is C90H149N4O29+. The summed E-state index contributed by atoms with van der Waals surface area (Å²) in [5, 5.41) is 3.60. The maximum absolute atomic E-state index is 12.7. The largest absolute Gasteiger partial charge is 0.382 e. The van der Waals surface area contributed by atoms with Crippen molar-refractivity contribution < 1.29 is 142 Å². The van der Waals surface area contributed by atoms with E-state index in [0.717, 1.165) is 45.2 Å². The molecular weight excluding hydrogens is 1600 g/mol. The molecule has 3 amide bonds. The van der Waals surface area contributed by atoms with Crippen LogP contribution in [0.1, 0.15) is 103 Å². The highest BCUT2D eigenvalue weighted by Crippen LogP contribution is 2.48. The van der Waals surface area contributed by atoms with Crippen LogP contribution in [0.15, 0.2) is 84.6 Å².